The Morgan fingerprint density at radius 3 is 2.38 bits per heavy atom. The Labute approximate surface area is 159 Å². The minimum Gasteiger partial charge on any atom is -0.543 e. The molecule has 102 valence electrons. The van der Waals surface area contributed by atoms with E-state index in [-0.39, 0.29) is 62.6 Å². The first kappa shape index (κ1) is 17.5. The molecule has 1 aromatic carbocycles. The standard InChI is InChI=1S/C12H8N2O6.K/c15-9-5-8(11(18)19)13-12(20)14(9)7-3-1-2-6(4-7)10(16)17;/h1-5H,(H,13,20)(H,16,17)(H,18,19);/q;+1/p-1. The molecular formula is C12H7KN2O6. The van der Waals surface area contributed by atoms with E-state index in [1.165, 1.54) is 18.2 Å². The molecule has 1 aromatic heterocycles. The molecule has 0 fully saturated rings. The first-order valence-corrected chi connectivity index (χ1v) is 5.31. The van der Waals surface area contributed by atoms with Gasteiger partial charge in [0.05, 0.1) is 22.9 Å². The second kappa shape index (κ2) is 6.96. The van der Waals surface area contributed by atoms with Crippen molar-refractivity contribution >= 4 is 11.9 Å². The predicted octanol–water partition coefficient (Wildman–Crippen LogP) is -4.41. The third-order valence-corrected chi connectivity index (χ3v) is 2.50. The second-order valence-electron chi connectivity index (χ2n) is 3.80. The maximum Gasteiger partial charge on any atom is 1.00 e. The molecule has 0 spiro atoms. The van der Waals surface area contributed by atoms with Gasteiger partial charge in [0, 0.05) is 6.07 Å². The van der Waals surface area contributed by atoms with Crippen LogP contribution in [0, 0.1) is 0 Å². The molecule has 0 radical (unpaired) electrons. The van der Waals surface area contributed by atoms with Crippen molar-refractivity contribution in [1.29, 1.82) is 0 Å². The number of rotatable bonds is 3. The zero-order valence-electron chi connectivity index (χ0n) is 10.8. The Kier molecular flexibility index (Phi) is 5.81. The van der Waals surface area contributed by atoms with Crippen LogP contribution in [0.15, 0.2) is 39.9 Å². The number of nitrogens with zero attached hydrogens (tertiary/aromatic N) is 1. The molecule has 0 saturated carbocycles. The van der Waals surface area contributed by atoms with Gasteiger partial charge in [0.15, 0.2) is 0 Å². The number of hydrogen-bond donors (Lipinski definition) is 2. The van der Waals surface area contributed by atoms with E-state index in [0.29, 0.717) is 10.6 Å². The van der Waals surface area contributed by atoms with E-state index in [1.54, 1.807) is 0 Å². The second-order valence-corrected chi connectivity index (χ2v) is 3.80. The number of nitrogens with one attached hydrogen (secondary N) is 1. The van der Waals surface area contributed by atoms with Crippen LogP contribution in [0.3, 0.4) is 0 Å². The van der Waals surface area contributed by atoms with Crippen molar-refractivity contribution in [2.45, 2.75) is 0 Å². The molecule has 0 aliphatic heterocycles. The largest absolute Gasteiger partial charge is 1.00 e. The number of H-pyrrole nitrogens is 1. The van der Waals surface area contributed by atoms with Gasteiger partial charge >= 0.3 is 63.0 Å². The fourth-order valence-corrected chi connectivity index (χ4v) is 1.63. The van der Waals surface area contributed by atoms with Crippen LogP contribution < -0.4 is 67.7 Å². The van der Waals surface area contributed by atoms with Crippen molar-refractivity contribution in [2.75, 3.05) is 0 Å². The van der Waals surface area contributed by atoms with Crippen LogP contribution in [0.1, 0.15) is 20.8 Å². The number of benzene rings is 1. The number of aromatic nitrogens is 2. The maximum atomic E-state index is 11.8. The summed E-state index contributed by atoms with van der Waals surface area (Å²) in [7, 11) is 0. The Morgan fingerprint density at radius 1 is 1.19 bits per heavy atom. The number of carbonyl (C=O) groups is 2. The van der Waals surface area contributed by atoms with Gasteiger partial charge in [-0.15, -0.1) is 0 Å². The van der Waals surface area contributed by atoms with Crippen LogP contribution in [-0.4, -0.2) is 26.6 Å². The minimum absolute atomic E-state index is 0. The van der Waals surface area contributed by atoms with Crippen LogP contribution in [0.25, 0.3) is 5.69 Å². The van der Waals surface area contributed by atoms with Gasteiger partial charge < -0.3 is 20.0 Å². The summed E-state index contributed by atoms with van der Waals surface area (Å²) in [4.78, 5) is 46.9. The zero-order chi connectivity index (χ0) is 14.9. The van der Waals surface area contributed by atoms with Gasteiger partial charge in [0.2, 0.25) is 0 Å². The molecule has 2 rings (SSSR count). The molecule has 9 heteroatoms. The number of carboxylic acids is 2. The van der Waals surface area contributed by atoms with Crippen molar-refractivity contribution in [3.05, 3.63) is 62.4 Å². The van der Waals surface area contributed by atoms with E-state index >= 15 is 0 Å². The summed E-state index contributed by atoms with van der Waals surface area (Å²) in [5.74, 6) is -2.91. The van der Waals surface area contributed by atoms with Crippen molar-refractivity contribution < 1.29 is 71.2 Å². The molecule has 0 saturated heterocycles. The van der Waals surface area contributed by atoms with E-state index in [0.717, 1.165) is 6.07 Å². The van der Waals surface area contributed by atoms with Gasteiger partial charge in [-0.1, -0.05) is 6.07 Å². The van der Waals surface area contributed by atoms with Crippen LogP contribution >= 0.6 is 0 Å². The summed E-state index contributed by atoms with van der Waals surface area (Å²) in [5, 5.41) is 19.4. The summed E-state index contributed by atoms with van der Waals surface area (Å²) in [5.41, 5.74) is -2.65. The number of aromatic amines is 1. The molecule has 8 nitrogen and oxygen atoms in total. The smallest absolute Gasteiger partial charge is 0.543 e. The molecular weight excluding hydrogens is 307 g/mol. The van der Waals surface area contributed by atoms with Crippen molar-refractivity contribution in [2.24, 2.45) is 0 Å². The monoisotopic (exact) mass is 314 g/mol. The van der Waals surface area contributed by atoms with Gasteiger partial charge in [-0.3, -0.25) is 4.79 Å². The molecule has 1 heterocycles. The molecule has 0 aliphatic rings. The van der Waals surface area contributed by atoms with Crippen LogP contribution in [0.4, 0.5) is 0 Å². The minimum atomic E-state index is -1.69. The van der Waals surface area contributed by atoms with Crippen LogP contribution in [0.5, 0.6) is 0 Å². The van der Waals surface area contributed by atoms with E-state index in [9.17, 15) is 24.3 Å². The van der Waals surface area contributed by atoms with Gasteiger partial charge in [0.25, 0.3) is 5.56 Å². The van der Waals surface area contributed by atoms with Crippen LogP contribution in [0.2, 0.25) is 0 Å². The summed E-state index contributed by atoms with van der Waals surface area (Å²) in [6.45, 7) is 0. The molecule has 2 aromatic rings. The summed E-state index contributed by atoms with van der Waals surface area (Å²) >= 11 is 0. The fraction of sp³-hybridized carbons (Fsp3) is 0. The molecule has 21 heavy (non-hydrogen) atoms. The van der Waals surface area contributed by atoms with Crippen molar-refractivity contribution in [3.63, 3.8) is 0 Å². The number of carboxylic acid groups (broad SMARTS) is 2. The first-order valence-electron chi connectivity index (χ1n) is 5.31. The van der Waals surface area contributed by atoms with Gasteiger partial charge in [0.1, 0.15) is 0 Å². The molecule has 0 unspecified atom stereocenters. The van der Waals surface area contributed by atoms with E-state index < -0.39 is 28.9 Å². The van der Waals surface area contributed by atoms with Crippen LogP contribution in [-0.2, 0) is 0 Å². The number of aromatic carboxylic acids is 2. The SMILES string of the molecule is O=C(O)c1cccc(-n2c(=O)cc(C(=O)[O-])[nH]c2=O)c1.[K+]. The van der Waals surface area contributed by atoms with E-state index in [1.807, 2.05) is 4.98 Å². The first-order chi connectivity index (χ1) is 9.40. The zero-order valence-corrected chi connectivity index (χ0v) is 13.9. The Bertz CT molecular complexity index is 792. The van der Waals surface area contributed by atoms with Gasteiger partial charge in [-0.25, -0.2) is 14.2 Å². The third-order valence-electron chi connectivity index (χ3n) is 2.50. The number of hydrogen-bond acceptors (Lipinski definition) is 5. The average molecular weight is 314 g/mol. The summed E-state index contributed by atoms with van der Waals surface area (Å²) in [6.07, 6.45) is 0. The fourth-order valence-electron chi connectivity index (χ4n) is 1.63. The summed E-state index contributed by atoms with van der Waals surface area (Å²) in [6, 6.07) is 5.81. The quantitative estimate of drug-likeness (QED) is 0.550. The third kappa shape index (κ3) is 3.77. The van der Waals surface area contributed by atoms with E-state index in [2.05, 4.69) is 0 Å². The molecule has 0 amide bonds. The summed E-state index contributed by atoms with van der Waals surface area (Å²) < 4.78 is 0.624. The van der Waals surface area contributed by atoms with Gasteiger partial charge in [-0.05, 0) is 18.2 Å². The Balaban J connectivity index is 0.00000220. The molecule has 2 N–H and O–H groups in total. The molecule has 0 bridgehead atoms. The Hall–Kier alpha value is -1.52. The molecule has 0 aliphatic carbocycles. The van der Waals surface area contributed by atoms with Gasteiger partial charge in [-0.2, -0.15) is 0 Å². The van der Waals surface area contributed by atoms with E-state index in [4.69, 9.17) is 5.11 Å². The van der Waals surface area contributed by atoms with Crippen molar-refractivity contribution in [3.8, 4) is 5.69 Å². The molecule has 0 atom stereocenters. The maximum absolute atomic E-state index is 11.8. The predicted molar refractivity (Wildman–Crippen MR) is 63.9 cm³/mol. The topological polar surface area (TPSA) is 132 Å². The Morgan fingerprint density at radius 2 is 1.86 bits per heavy atom. The normalized spacial score (nSPS) is 9.71. The number of carbonyl (C=O) groups excluding carboxylic acids is 1. The van der Waals surface area contributed by atoms with Crippen molar-refractivity contribution in [1.82, 2.24) is 9.55 Å². The average Bonchev–Trinajstić information content (AvgIpc) is 2.38.